The Labute approximate surface area is 185 Å². The molecule has 2 rings (SSSR count). The fourth-order valence-corrected chi connectivity index (χ4v) is 3.35. The van der Waals surface area contributed by atoms with Crippen LogP contribution in [0.2, 0.25) is 0 Å². The molecule has 1 fully saturated rings. The number of aliphatic imine (C=N–C) groups is 1. The molecule has 29 heavy (non-hydrogen) atoms. The van der Waals surface area contributed by atoms with Crippen molar-refractivity contribution < 1.29 is 22.0 Å². The number of benzene rings is 1. The van der Waals surface area contributed by atoms with Crippen LogP contribution in [0.15, 0.2) is 23.2 Å². The number of nitrogens with one attached hydrogen (secondary N) is 1. The number of alkyl halides is 3. The summed E-state index contributed by atoms with van der Waals surface area (Å²) in [6.07, 6.45) is -3.45. The highest BCUT2D eigenvalue weighted by atomic mass is 127. The van der Waals surface area contributed by atoms with Crippen LogP contribution in [0.5, 0.6) is 0 Å². The maximum atomic E-state index is 13.8. The SMILES string of the molecule is CCNC(=NCc1cc(F)ccc1F)N1CCC(CN(CC)CC(F)(F)F)C1.I. The molecule has 1 N–H and O–H groups in total. The standard InChI is InChI=1S/C19H27F5N4.HI/c1-3-25-18(26-10-15-9-16(20)5-6-17(15)21)28-8-7-14(12-28)11-27(4-2)13-19(22,23)24;/h5-6,9,14H,3-4,7-8,10-13H2,1-2H3,(H,25,26);1H. The topological polar surface area (TPSA) is 30.9 Å². The summed E-state index contributed by atoms with van der Waals surface area (Å²) >= 11 is 0. The molecule has 0 radical (unpaired) electrons. The third kappa shape index (κ3) is 8.61. The number of likely N-dealkylation sites (tertiary alicyclic amines) is 1. The van der Waals surface area contributed by atoms with Crippen molar-refractivity contribution in [2.75, 3.05) is 39.3 Å². The van der Waals surface area contributed by atoms with Crippen molar-refractivity contribution in [1.29, 1.82) is 0 Å². The smallest absolute Gasteiger partial charge is 0.357 e. The molecule has 1 aromatic carbocycles. The van der Waals surface area contributed by atoms with Crippen LogP contribution >= 0.6 is 24.0 Å². The number of guanidine groups is 1. The van der Waals surface area contributed by atoms with Crippen molar-refractivity contribution in [2.24, 2.45) is 10.9 Å². The Morgan fingerprint density at radius 1 is 1.28 bits per heavy atom. The van der Waals surface area contributed by atoms with Crippen LogP contribution in [0, 0.1) is 17.6 Å². The van der Waals surface area contributed by atoms with E-state index in [1.54, 1.807) is 6.92 Å². The minimum Gasteiger partial charge on any atom is -0.357 e. The molecule has 1 heterocycles. The lowest BCUT2D eigenvalue weighted by Crippen LogP contribution is -2.41. The summed E-state index contributed by atoms with van der Waals surface area (Å²) in [5.74, 6) is -0.391. The molecule has 0 aromatic heterocycles. The number of hydrogen-bond donors (Lipinski definition) is 1. The predicted molar refractivity (Wildman–Crippen MR) is 114 cm³/mol. The first-order valence-corrected chi connectivity index (χ1v) is 9.48. The van der Waals surface area contributed by atoms with Crippen LogP contribution in [0.4, 0.5) is 22.0 Å². The largest absolute Gasteiger partial charge is 0.401 e. The van der Waals surface area contributed by atoms with Crippen molar-refractivity contribution >= 4 is 29.9 Å². The van der Waals surface area contributed by atoms with Crippen molar-refractivity contribution in [2.45, 2.75) is 33.0 Å². The van der Waals surface area contributed by atoms with Crippen LogP contribution in [-0.2, 0) is 6.54 Å². The van der Waals surface area contributed by atoms with Gasteiger partial charge in [-0.25, -0.2) is 13.8 Å². The van der Waals surface area contributed by atoms with Crippen LogP contribution in [0.1, 0.15) is 25.8 Å². The summed E-state index contributed by atoms with van der Waals surface area (Å²) < 4.78 is 65.1. The Hall–Kier alpha value is -1.17. The van der Waals surface area contributed by atoms with Crippen molar-refractivity contribution in [3.05, 3.63) is 35.4 Å². The third-order valence-electron chi connectivity index (χ3n) is 4.69. The maximum absolute atomic E-state index is 13.8. The molecule has 0 amide bonds. The van der Waals surface area contributed by atoms with E-state index < -0.39 is 24.4 Å². The van der Waals surface area contributed by atoms with Gasteiger partial charge in [-0.1, -0.05) is 6.92 Å². The van der Waals surface area contributed by atoms with Gasteiger partial charge in [-0.05, 0) is 44.0 Å². The normalized spacial score (nSPS) is 17.6. The van der Waals surface area contributed by atoms with Crippen LogP contribution in [-0.4, -0.2) is 61.2 Å². The zero-order valence-electron chi connectivity index (χ0n) is 16.6. The van der Waals surface area contributed by atoms with E-state index in [4.69, 9.17) is 0 Å². The Balaban J connectivity index is 0.00000420. The van der Waals surface area contributed by atoms with Crippen LogP contribution in [0.3, 0.4) is 0 Å². The monoisotopic (exact) mass is 534 g/mol. The lowest BCUT2D eigenvalue weighted by molar-refractivity contribution is -0.146. The van der Waals surface area contributed by atoms with Gasteiger partial charge >= 0.3 is 6.18 Å². The lowest BCUT2D eigenvalue weighted by Gasteiger charge is -2.26. The van der Waals surface area contributed by atoms with Crippen molar-refractivity contribution in [3.63, 3.8) is 0 Å². The van der Waals surface area contributed by atoms with Gasteiger partial charge in [0.1, 0.15) is 11.6 Å². The van der Waals surface area contributed by atoms with E-state index in [9.17, 15) is 22.0 Å². The summed E-state index contributed by atoms with van der Waals surface area (Å²) in [7, 11) is 0. The average Bonchev–Trinajstić information content (AvgIpc) is 3.07. The first kappa shape index (κ1) is 25.9. The summed E-state index contributed by atoms with van der Waals surface area (Å²) in [6.45, 7) is 5.23. The van der Waals surface area contributed by atoms with E-state index in [-0.39, 0.29) is 42.0 Å². The molecule has 0 spiro atoms. The average molecular weight is 534 g/mol. The minimum atomic E-state index is -4.21. The summed E-state index contributed by atoms with van der Waals surface area (Å²) in [4.78, 5) is 7.76. The zero-order valence-corrected chi connectivity index (χ0v) is 18.9. The first-order chi connectivity index (χ1) is 13.2. The molecule has 1 saturated heterocycles. The number of hydrogen-bond acceptors (Lipinski definition) is 2. The third-order valence-corrected chi connectivity index (χ3v) is 4.69. The van der Waals surface area contributed by atoms with Gasteiger partial charge in [0.05, 0.1) is 13.1 Å². The highest BCUT2D eigenvalue weighted by molar-refractivity contribution is 14.0. The highest BCUT2D eigenvalue weighted by Gasteiger charge is 2.33. The Morgan fingerprint density at radius 3 is 2.62 bits per heavy atom. The van der Waals surface area contributed by atoms with Gasteiger partial charge in [0, 0.05) is 31.7 Å². The van der Waals surface area contributed by atoms with E-state index in [0.717, 1.165) is 24.6 Å². The molecule has 10 heteroatoms. The molecule has 1 unspecified atom stereocenters. The highest BCUT2D eigenvalue weighted by Crippen LogP contribution is 2.21. The molecule has 1 aliphatic heterocycles. The fourth-order valence-electron chi connectivity index (χ4n) is 3.35. The van der Waals surface area contributed by atoms with Gasteiger partial charge < -0.3 is 10.2 Å². The summed E-state index contributed by atoms with van der Waals surface area (Å²) in [5.41, 5.74) is 0.161. The fraction of sp³-hybridized carbons (Fsp3) is 0.632. The molecular weight excluding hydrogens is 506 g/mol. The van der Waals surface area contributed by atoms with Crippen molar-refractivity contribution in [1.82, 2.24) is 15.1 Å². The molecule has 0 aliphatic carbocycles. The maximum Gasteiger partial charge on any atom is 0.401 e. The molecule has 0 bridgehead atoms. The predicted octanol–water partition coefficient (Wildman–Crippen LogP) is 4.25. The van der Waals surface area contributed by atoms with Gasteiger partial charge in [-0.2, -0.15) is 13.2 Å². The van der Waals surface area contributed by atoms with Gasteiger partial charge in [0.25, 0.3) is 0 Å². The lowest BCUT2D eigenvalue weighted by atomic mass is 10.1. The van der Waals surface area contributed by atoms with E-state index in [0.29, 0.717) is 38.7 Å². The molecule has 166 valence electrons. The van der Waals surface area contributed by atoms with Crippen molar-refractivity contribution in [3.8, 4) is 0 Å². The molecule has 4 nitrogen and oxygen atoms in total. The summed E-state index contributed by atoms with van der Waals surface area (Å²) in [5, 5.41) is 3.12. The second-order valence-electron chi connectivity index (χ2n) is 6.95. The second kappa shape index (κ2) is 11.9. The van der Waals surface area contributed by atoms with E-state index in [1.165, 1.54) is 4.90 Å². The number of halogens is 6. The Kier molecular flexibility index (Phi) is 10.6. The van der Waals surface area contributed by atoms with Gasteiger partial charge in [-0.15, -0.1) is 24.0 Å². The van der Waals surface area contributed by atoms with Gasteiger partial charge in [0.2, 0.25) is 0 Å². The molecule has 1 aromatic rings. The first-order valence-electron chi connectivity index (χ1n) is 9.48. The minimum absolute atomic E-state index is 0. The Bertz CT molecular complexity index is 668. The van der Waals surface area contributed by atoms with E-state index in [1.807, 2.05) is 11.8 Å². The van der Waals surface area contributed by atoms with Crippen LogP contribution in [0.25, 0.3) is 0 Å². The second-order valence-corrected chi connectivity index (χ2v) is 6.95. The van der Waals surface area contributed by atoms with Crippen LogP contribution < -0.4 is 5.32 Å². The van der Waals surface area contributed by atoms with Gasteiger partial charge in [0.15, 0.2) is 5.96 Å². The summed E-state index contributed by atoms with van der Waals surface area (Å²) in [6, 6.07) is 3.24. The molecule has 1 aliphatic rings. The molecule has 0 saturated carbocycles. The quantitative estimate of drug-likeness (QED) is 0.246. The van der Waals surface area contributed by atoms with E-state index >= 15 is 0 Å². The van der Waals surface area contributed by atoms with E-state index in [2.05, 4.69) is 10.3 Å². The molecule has 1 atom stereocenters. The number of nitrogens with zero attached hydrogens (tertiary/aromatic N) is 3. The molecular formula is C19H28F5IN4. The Morgan fingerprint density at radius 2 is 2.00 bits per heavy atom. The number of rotatable bonds is 7. The van der Waals surface area contributed by atoms with Gasteiger partial charge in [-0.3, -0.25) is 4.90 Å². The zero-order chi connectivity index (χ0) is 20.7.